The molecule has 0 spiro atoms. The van der Waals surface area contributed by atoms with Crippen molar-refractivity contribution in [1.82, 2.24) is 14.9 Å². The van der Waals surface area contributed by atoms with Gasteiger partial charge in [-0.05, 0) is 13.8 Å². The molecule has 0 bridgehead atoms. The number of hydrogen-bond acceptors (Lipinski definition) is 5. The van der Waals surface area contributed by atoms with Crippen LogP contribution >= 0.6 is 11.8 Å². The molecule has 0 unspecified atom stereocenters. The third-order valence-electron chi connectivity index (χ3n) is 2.87. The predicted molar refractivity (Wildman–Crippen MR) is 74.3 cm³/mol. The second kappa shape index (κ2) is 4.62. The Morgan fingerprint density at radius 2 is 2.00 bits per heavy atom. The molecular formula is C13H12N4OS. The molecule has 1 atom stereocenters. The predicted octanol–water partition coefficient (Wildman–Crippen LogP) is 2.23. The van der Waals surface area contributed by atoms with E-state index in [1.165, 1.54) is 11.8 Å². The second-order valence-corrected chi connectivity index (χ2v) is 5.41. The molecule has 0 radical (unpaired) electrons. The third-order valence-corrected chi connectivity index (χ3v) is 4.25. The maximum absolute atomic E-state index is 11.5. The lowest BCUT2D eigenvalue weighted by atomic mass is 10.2. The highest BCUT2D eigenvalue weighted by atomic mass is 32.2. The van der Waals surface area contributed by atoms with Gasteiger partial charge in [0.15, 0.2) is 5.82 Å². The van der Waals surface area contributed by atoms with Gasteiger partial charge in [0.05, 0.1) is 5.71 Å². The van der Waals surface area contributed by atoms with Gasteiger partial charge < -0.3 is 0 Å². The molecule has 1 aromatic carbocycles. The summed E-state index contributed by atoms with van der Waals surface area (Å²) in [5.74, 6) is 0.784. The monoisotopic (exact) mass is 272 g/mol. The summed E-state index contributed by atoms with van der Waals surface area (Å²) in [5.41, 5.74) is 1.74. The van der Waals surface area contributed by atoms with E-state index in [9.17, 15) is 4.79 Å². The number of carbonyl (C=O) groups is 1. The molecule has 2 aromatic rings. The number of rotatable bonds is 2. The zero-order chi connectivity index (χ0) is 13.4. The number of ketones is 1. The molecule has 0 amide bonds. The van der Waals surface area contributed by atoms with Gasteiger partial charge in [-0.1, -0.05) is 42.1 Å². The summed E-state index contributed by atoms with van der Waals surface area (Å²) in [6, 6.07) is 9.77. The van der Waals surface area contributed by atoms with Crippen molar-refractivity contribution in [2.75, 3.05) is 0 Å². The lowest BCUT2D eigenvalue weighted by Crippen LogP contribution is -2.27. The van der Waals surface area contributed by atoms with Crippen LogP contribution in [-0.4, -0.2) is 31.6 Å². The van der Waals surface area contributed by atoms with Crippen LogP contribution in [0, 0.1) is 0 Å². The molecule has 1 aliphatic rings. The highest BCUT2D eigenvalue weighted by molar-refractivity contribution is 8.01. The molecule has 1 aromatic heterocycles. The van der Waals surface area contributed by atoms with Crippen LogP contribution in [0.4, 0.5) is 0 Å². The Bertz CT molecular complexity index is 663. The summed E-state index contributed by atoms with van der Waals surface area (Å²) in [6.07, 6.45) is 0. The fraction of sp³-hybridized carbons (Fsp3) is 0.231. The van der Waals surface area contributed by atoms with E-state index in [1.54, 1.807) is 11.6 Å². The highest BCUT2D eigenvalue weighted by Crippen LogP contribution is 2.31. The topological polar surface area (TPSA) is 60.1 Å². The Morgan fingerprint density at radius 1 is 1.26 bits per heavy atom. The molecule has 0 saturated heterocycles. The Balaban J connectivity index is 2.07. The Kier molecular flexibility index (Phi) is 2.94. The van der Waals surface area contributed by atoms with Crippen molar-refractivity contribution in [2.24, 2.45) is 5.10 Å². The molecule has 0 N–H and O–H groups in total. The van der Waals surface area contributed by atoms with Gasteiger partial charge in [-0.2, -0.15) is 9.78 Å². The van der Waals surface area contributed by atoms with Crippen LogP contribution in [0.5, 0.6) is 0 Å². The van der Waals surface area contributed by atoms with Crippen molar-refractivity contribution in [3.63, 3.8) is 0 Å². The van der Waals surface area contributed by atoms with Crippen LogP contribution in [0.15, 0.2) is 40.6 Å². The van der Waals surface area contributed by atoms with Crippen molar-refractivity contribution in [3.05, 3.63) is 30.3 Å². The maximum atomic E-state index is 11.5. The van der Waals surface area contributed by atoms with Gasteiger partial charge in [-0.3, -0.25) is 4.79 Å². The SMILES string of the molecule is CC(=O)[C@@H]1Sc2nnc(-c3ccccc3)n2N=C1C. The van der Waals surface area contributed by atoms with Gasteiger partial charge in [0.1, 0.15) is 11.0 Å². The first-order chi connectivity index (χ1) is 9.16. The average Bonchev–Trinajstić information content (AvgIpc) is 2.81. The van der Waals surface area contributed by atoms with Crippen LogP contribution in [0.3, 0.4) is 0 Å². The summed E-state index contributed by atoms with van der Waals surface area (Å²) < 4.78 is 1.70. The van der Waals surface area contributed by atoms with E-state index in [-0.39, 0.29) is 11.0 Å². The number of carbonyl (C=O) groups excluding carboxylic acids is 1. The number of aromatic nitrogens is 3. The van der Waals surface area contributed by atoms with Crippen LogP contribution < -0.4 is 0 Å². The van der Waals surface area contributed by atoms with Gasteiger partial charge in [-0.15, -0.1) is 10.2 Å². The normalized spacial score (nSPS) is 17.8. The molecular weight excluding hydrogens is 260 g/mol. The molecule has 1 aliphatic heterocycles. The molecule has 5 nitrogen and oxygen atoms in total. The van der Waals surface area contributed by atoms with Gasteiger partial charge in [0.2, 0.25) is 5.16 Å². The molecule has 0 saturated carbocycles. The molecule has 6 heteroatoms. The fourth-order valence-corrected chi connectivity index (χ4v) is 2.88. The van der Waals surface area contributed by atoms with Crippen molar-refractivity contribution >= 4 is 23.3 Å². The van der Waals surface area contributed by atoms with Crippen LogP contribution in [0.1, 0.15) is 13.8 Å². The molecule has 0 aliphatic carbocycles. The number of hydrogen-bond donors (Lipinski definition) is 0. The van der Waals surface area contributed by atoms with Crippen molar-refractivity contribution in [1.29, 1.82) is 0 Å². The standard InChI is InChI=1S/C13H12N4OS/c1-8-11(9(2)18)19-13-15-14-12(17(13)16-8)10-6-4-3-5-7-10/h3-7,11H,1-2H3/t11-/m1/s1. The summed E-state index contributed by atoms with van der Waals surface area (Å²) >= 11 is 1.40. The zero-order valence-corrected chi connectivity index (χ0v) is 11.4. The second-order valence-electron chi connectivity index (χ2n) is 4.33. The van der Waals surface area contributed by atoms with E-state index in [0.29, 0.717) is 11.0 Å². The largest absolute Gasteiger partial charge is 0.298 e. The number of nitrogens with zero attached hydrogens (tertiary/aromatic N) is 4. The summed E-state index contributed by atoms with van der Waals surface area (Å²) in [4.78, 5) is 11.5. The van der Waals surface area contributed by atoms with Gasteiger partial charge >= 0.3 is 0 Å². The minimum absolute atomic E-state index is 0.0850. The Morgan fingerprint density at radius 3 is 2.68 bits per heavy atom. The summed E-state index contributed by atoms with van der Waals surface area (Å²) in [6.45, 7) is 3.43. The quantitative estimate of drug-likeness (QED) is 0.841. The van der Waals surface area contributed by atoms with Crippen molar-refractivity contribution in [2.45, 2.75) is 24.3 Å². The summed E-state index contributed by atoms with van der Waals surface area (Å²) in [7, 11) is 0. The molecule has 2 heterocycles. The Labute approximate surface area is 114 Å². The van der Waals surface area contributed by atoms with E-state index >= 15 is 0 Å². The zero-order valence-electron chi connectivity index (χ0n) is 10.6. The first-order valence-electron chi connectivity index (χ1n) is 5.90. The minimum atomic E-state index is -0.250. The van der Waals surface area contributed by atoms with Gasteiger partial charge in [0, 0.05) is 5.56 Å². The summed E-state index contributed by atoms with van der Waals surface area (Å²) in [5, 5.41) is 13.1. The van der Waals surface area contributed by atoms with E-state index < -0.39 is 0 Å². The van der Waals surface area contributed by atoms with Crippen molar-refractivity contribution < 1.29 is 4.79 Å². The fourth-order valence-electron chi connectivity index (χ4n) is 1.97. The lowest BCUT2D eigenvalue weighted by molar-refractivity contribution is -0.115. The van der Waals surface area contributed by atoms with Crippen LogP contribution in [-0.2, 0) is 4.79 Å². The van der Waals surface area contributed by atoms with Gasteiger partial charge in [0.25, 0.3) is 0 Å². The first-order valence-corrected chi connectivity index (χ1v) is 6.78. The molecule has 3 rings (SSSR count). The third kappa shape index (κ3) is 2.08. The van der Waals surface area contributed by atoms with E-state index in [4.69, 9.17) is 0 Å². The lowest BCUT2D eigenvalue weighted by Gasteiger charge is -2.18. The first kappa shape index (κ1) is 12.1. The highest BCUT2D eigenvalue weighted by Gasteiger charge is 2.28. The average molecular weight is 272 g/mol. The minimum Gasteiger partial charge on any atom is -0.298 e. The van der Waals surface area contributed by atoms with Crippen LogP contribution in [0.2, 0.25) is 0 Å². The van der Waals surface area contributed by atoms with E-state index in [0.717, 1.165) is 11.3 Å². The van der Waals surface area contributed by atoms with E-state index in [2.05, 4.69) is 15.3 Å². The number of Topliss-reactive ketones (excluding diaryl/α,β-unsaturated/α-hetero) is 1. The smallest absolute Gasteiger partial charge is 0.213 e. The van der Waals surface area contributed by atoms with Crippen molar-refractivity contribution in [3.8, 4) is 11.4 Å². The maximum Gasteiger partial charge on any atom is 0.213 e. The number of thioether (sulfide) groups is 1. The van der Waals surface area contributed by atoms with Crippen LogP contribution in [0.25, 0.3) is 11.4 Å². The number of benzene rings is 1. The number of fused-ring (bicyclic) bond motifs is 1. The molecule has 0 fully saturated rings. The van der Waals surface area contributed by atoms with E-state index in [1.807, 2.05) is 37.3 Å². The Hall–Kier alpha value is -1.95. The van der Waals surface area contributed by atoms with Gasteiger partial charge in [-0.25, -0.2) is 0 Å². The molecule has 96 valence electrons. The molecule has 19 heavy (non-hydrogen) atoms.